The number of hydrogen-bond donors (Lipinski definition) is 2. The molecule has 7 nitrogen and oxygen atoms in total. The number of nitrogens with one attached hydrogen (secondary N) is 1. The van der Waals surface area contributed by atoms with Crippen LogP contribution < -0.4 is 11.1 Å². The molecule has 0 bridgehead atoms. The van der Waals surface area contributed by atoms with Crippen molar-refractivity contribution in [2.24, 2.45) is 0 Å². The predicted molar refractivity (Wildman–Crippen MR) is 132 cm³/mol. The first kappa shape index (κ1) is 20.8. The second-order valence-corrected chi connectivity index (χ2v) is 8.68. The van der Waals surface area contributed by atoms with Crippen LogP contribution in [0.1, 0.15) is 17.8 Å². The van der Waals surface area contributed by atoms with Crippen molar-refractivity contribution in [2.45, 2.75) is 19.4 Å². The van der Waals surface area contributed by atoms with Crippen molar-refractivity contribution in [3.05, 3.63) is 89.7 Å². The van der Waals surface area contributed by atoms with Crippen molar-refractivity contribution in [2.75, 3.05) is 11.1 Å². The lowest BCUT2D eigenvalue weighted by atomic mass is 10.1. The van der Waals surface area contributed by atoms with E-state index in [1.54, 1.807) is 16.0 Å². The Morgan fingerprint density at radius 1 is 1.03 bits per heavy atom. The second kappa shape index (κ2) is 9.22. The minimum absolute atomic E-state index is 0.115. The van der Waals surface area contributed by atoms with Gasteiger partial charge in [0.2, 0.25) is 5.91 Å². The molecule has 0 saturated heterocycles. The lowest BCUT2D eigenvalue weighted by Gasteiger charge is -2.09. The van der Waals surface area contributed by atoms with Crippen LogP contribution >= 0.6 is 11.3 Å². The first-order valence-electron chi connectivity index (χ1n) is 10.6. The Labute approximate surface area is 194 Å². The molecule has 8 heteroatoms. The largest absolute Gasteiger partial charge is 0.397 e. The molecule has 33 heavy (non-hydrogen) atoms. The lowest BCUT2D eigenvalue weighted by Crippen LogP contribution is -2.13. The molecule has 0 atom stereocenters. The number of aryl methyl sites for hydroxylation is 1. The zero-order chi connectivity index (χ0) is 22.6. The summed E-state index contributed by atoms with van der Waals surface area (Å²) >= 11 is 1.64. The van der Waals surface area contributed by atoms with Crippen LogP contribution in [0, 0.1) is 0 Å². The molecule has 0 saturated carbocycles. The van der Waals surface area contributed by atoms with Crippen LogP contribution in [0.5, 0.6) is 0 Å². The number of pyridine rings is 1. The fraction of sp³-hybridized carbons (Fsp3) is 0.120. The van der Waals surface area contributed by atoms with Crippen LogP contribution in [0.15, 0.2) is 78.3 Å². The molecule has 1 amide bonds. The van der Waals surface area contributed by atoms with Crippen LogP contribution in [0.3, 0.4) is 0 Å². The highest BCUT2D eigenvalue weighted by Gasteiger charge is 2.10. The molecule has 0 unspecified atom stereocenters. The van der Waals surface area contributed by atoms with E-state index in [0.29, 0.717) is 24.3 Å². The number of rotatable bonds is 7. The summed E-state index contributed by atoms with van der Waals surface area (Å²) in [5.41, 5.74) is 10.9. The van der Waals surface area contributed by atoms with E-state index >= 15 is 0 Å². The Morgan fingerprint density at radius 2 is 1.94 bits per heavy atom. The Balaban J connectivity index is 1.19. The Kier molecular flexibility index (Phi) is 5.82. The smallest absolute Gasteiger partial charge is 0.224 e. The van der Waals surface area contributed by atoms with Gasteiger partial charge in [-0.3, -0.25) is 9.78 Å². The third-order valence-electron chi connectivity index (χ3n) is 5.31. The molecular formula is C25H22N6OS. The molecule has 3 N–H and O–H groups in total. The number of amides is 1. The predicted octanol–water partition coefficient (Wildman–Crippen LogP) is 4.76. The molecule has 0 aliphatic rings. The van der Waals surface area contributed by atoms with E-state index in [2.05, 4.69) is 26.7 Å². The van der Waals surface area contributed by atoms with Gasteiger partial charge in [-0.25, -0.2) is 4.68 Å². The third kappa shape index (κ3) is 4.91. The Bertz CT molecular complexity index is 1410. The fourth-order valence-electron chi connectivity index (χ4n) is 3.61. The van der Waals surface area contributed by atoms with Crippen LogP contribution in [-0.4, -0.2) is 25.9 Å². The molecule has 164 valence electrons. The van der Waals surface area contributed by atoms with Gasteiger partial charge < -0.3 is 11.1 Å². The monoisotopic (exact) mass is 454 g/mol. The van der Waals surface area contributed by atoms with Crippen molar-refractivity contribution >= 4 is 39.5 Å². The number of nitrogens with zero attached hydrogens (tertiary/aromatic N) is 4. The van der Waals surface area contributed by atoms with Gasteiger partial charge in [0, 0.05) is 29.3 Å². The Morgan fingerprint density at radius 3 is 2.82 bits per heavy atom. The summed E-state index contributed by atoms with van der Waals surface area (Å²) in [4.78, 5) is 18.3. The molecule has 3 heterocycles. The van der Waals surface area contributed by atoms with Crippen LogP contribution in [-0.2, 0) is 17.8 Å². The highest BCUT2D eigenvalue weighted by atomic mass is 32.1. The van der Waals surface area contributed by atoms with E-state index in [-0.39, 0.29) is 12.3 Å². The highest BCUT2D eigenvalue weighted by molar-refractivity contribution is 7.13. The van der Waals surface area contributed by atoms with Gasteiger partial charge in [0.1, 0.15) is 0 Å². The topological polar surface area (TPSA) is 98.7 Å². The first-order chi connectivity index (χ1) is 16.1. The maximum Gasteiger partial charge on any atom is 0.224 e. The maximum atomic E-state index is 12.5. The molecule has 0 spiro atoms. The summed E-state index contributed by atoms with van der Waals surface area (Å²) < 4.78 is 1.74. The average molecular weight is 455 g/mol. The summed E-state index contributed by atoms with van der Waals surface area (Å²) in [6.07, 6.45) is 2.63. The zero-order valence-corrected chi connectivity index (χ0v) is 18.6. The van der Waals surface area contributed by atoms with Gasteiger partial charge >= 0.3 is 0 Å². The van der Waals surface area contributed by atoms with Gasteiger partial charge in [-0.05, 0) is 41.3 Å². The number of carbonyl (C=O) groups is 1. The Hall–Kier alpha value is -4.04. The SMILES string of the molecule is Nc1ccc(-c2cccs2)cc1NC(=O)CCc1cn(Cc2ccc3ccccc3n2)nn1. The third-order valence-corrected chi connectivity index (χ3v) is 6.23. The van der Waals surface area contributed by atoms with Gasteiger partial charge in [-0.2, -0.15) is 0 Å². The molecular weight excluding hydrogens is 432 g/mol. The summed E-state index contributed by atoms with van der Waals surface area (Å²) in [6, 6.07) is 21.8. The number of hydrogen-bond acceptors (Lipinski definition) is 6. The molecule has 3 aromatic heterocycles. The zero-order valence-electron chi connectivity index (χ0n) is 17.8. The maximum absolute atomic E-state index is 12.5. The number of nitrogens with two attached hydrogens (primary N) is 1. The molecule has 0 radical (unpaired) electrons. The number of anilines is 2. The van der Waals surface area contributed by atoms with Crippen molar-refractivity contribution in [3.8, 4) is 10.4 Å². The highest BCUT2D eigenvalue weighted by Crippen LogP contribution is 2.30. The molecule has 0 aliphatic heterocycles. The number of aromatic nitrogens is 4. The van der Waals surface area contributed by atoms with Crippen LogP contribution in [0.25, 0.3) is 21.3 Å². The minimum atomic E-state index is -0.115. The van der Waals surface area contributed by atoms with Crippen molar-refractivity contribution in [1.82, 2.24) is 20.0 Å². The van der Waals surface area contributed by atoms with E-state index in [9.17, 15) is 4.79 Å². The summed E-state index contributed by atoms with van der Waals surface area (Å²) in [6.45, 7) is 0.524. The van der Waals surface area contributed by atoms with Gasteiger partial charge in [-0.15, -0.1) is 16.4 Å². The first-order valence-corrected chi connectivity index (χ1v) is 11.5. The van der Waals surface area contributed by atoms with Gasteiger partial charge in [0.25, 0.3) is 0 Å². The molecule has 5 aromatic rings. The number of nitrogen functional groups attached to an aromatic ring is 1. The molecule has 2 aromatic carbocycles. The van der Waals surface area contributed by atoms with Gasteiger partial charge in [0.05, 0.1) is 34.8 Å². The molecule has 0 aliphatic carbocycles. The van der Waals surface area contributed by atoms with Gasteiger partial charge in [0.15, 0.2) is 0 Å². The number of carbonyl (C=O) groups excluding carboxylic acids is 1. The van der Waals surface area contributed by atoms with Crippen molar-refractivity contribution in [1.29, 1.82) is 0 Å². The quantitative estimate of drug-likeness (QED) is 0.346. The minimum Gasteiger partial charge on any atom is -0.397 e. The summed E-state index contributed by atoms with van der Waals surface area (Å²) in [7, 11) is 0. The molecule has 0 fully saturated rings. The standard InChI is InChI=1S/C25H22N6OS/c26-21-11-8-18(24-6-3-13-33-24)14-23(21)28-25(32)12-10-20-16-31(30-29-20)15-19-9-7-17-4-1-2-5-22(17)27-19/h1-9,11,13-14,16H,10,12,15,26H2,(H,28,32). The summed E-state index contributed by atoms with van der Waals surface area (Å²) in [5, 5.41) is 14.4. The normalized spacial score (nSPS) is 11.0. The van der Waals surface area contributed by atoms with Crippen LogP contribution in [0.2, 0.25) is 0 Å². The van der Waals surface area contributed by atoms with E-state index in [0.717, 1.165) is 32.7 Å². The van der Waals surface area contributed by atoms with Gasteiger partial charge in [-0.1, -0.05) is 41.6 Å². The second-order valence-electron chi connectivity index (χ2n) is 7.73. The number of benzene rings is 2. The van der Waals surface area contributed by atoms with E-state index in [4.69, 9.17) is 5.73 Å². The van der Waals surface area contributed by atoms with Crippen molar-refractivity contribution in [3.63, 3.8) is 0 Å². The molecule has 5 rings (SSSR count). The van der Waals surface area contributed by atoms with E-state index in [1.165, 1.54) is 0 Å². The van der Waals surface area contributed by atoms with E-state index in [1.807, 2.05) is 72.2 Å². The van der Waals surface area contributed by atoms with Crippen LogP contribution in [0.4, 0.5) is 11.4 Å². The summed E-state index contributed by atoms with van der Waals surface area (Å²) in [5.74, 6) is -0.115. The number of fused-ring (bicyclic) bond motifs is 1. The fourth-order valence-corrected chi connectivity index (χ4v) is 4.33. The van der Waals surface area contributed by atoms with E-state index < -0.39 is 0 Å². The average Bonchev–Trinajstić information content (AvgIpc) is 3.52. The lowest BCUT2D eigenvalue weighted by molar-refractivity contribution is -0.116. The van der Waals surface area contributed by atoms with Crippen molar-refractivity contribution < 1.29 is 4.79 Å². The number of thiophene rings is 1. The number of para-hydroxylation sites is 1.